The van der Waals surface area contributed by atoms with Crippen LogP contribution < -0.4 is 10.1 Å². The molecule has 4 aliphatic carbocycles. The highest BCUT2D eigenvalue weighted by molar-refractivity contribution is 6.06. The van der Waals surface area contributed by atoms with Crippen molar-refractivity contribution >= 4 is 11.7 Å². The van der Waals surface area contributed by atoms with Gasteiger partial charge in [0.2, 0.25) is 11.7 Å². The molecule has 6 rings (SSSR count). The van der Waals surface area contributed by atoms with Crippen molar-refractivity contribution in [1.82, 2.24) is 5.32 Å². The van der Waals surface area contributed by atoms with Gasteiger partial charge in [-0.15, -0.1) is 0 Å². The van der Waals surface area contributed by atoms with Gasteiger partial charge >= 0.3 is 5.54 Å². The number of benzene rings is 1. The van der Waals surface area contributed by atoms with E-state index >= 15 is 0 Å². The highest BCUT2D eigenvalue weighted by atomic mass is 19.1. The molecule has 1 aliphatic heterocycles. The van der Waals surface area contributed by atoms with Crippen molar-refractivity contribution in [2.24, 2.45) is 17.8 Å². The zero-order valence-corrected chi connectivity index (χ0v) is 16.9. The number of nitrogens with zero attached hydrogens (tertiary/aromatic N) is 1. The minimum Gasteiger partial charge on any atom is -0.481 e. The second kappa shape index (κ2) is 6.49. The monoisotopic (exact) mass is 416 g/mol. The number of ether oxygens (including phenoxy) is 1. The van der Waals surface area contributed by atoms with Crippen molar-refractivity contribution in [2.75, 3.05) is 0 Å². The molecule has 1 amide bonds. The summed E-state index contributed by atoms with van der Waals surface area (Å²) >= 11 is 0. The van der Waals surface area contributed by atoms with Crippen molar-refractivity contribution in [3.8, 4) is 5.75 Å². The largest absolute Gasteiger partial charge is 0.481 e. The summed E-state index contributed by atoms with van der Waals surface area (Å²) in [6.07, 6.45) is 5.05. The Morgan fingerprint density at radius 2 is 1.83 bits per heavy atom. The van der Waals surface area contributed by atoms with E-state index in [1.807, 2.05) is 0 Å². The third-order valence-corrected chi connectivity index (χ3v) is 7.74. The summed E-state index contributed by atoms with van der Waals surface area (Å²) in [7, 11) is 0. The maximum atomic E-state index is 13.6. The first-order valence-corrected chi connectivity index (χ1v) is 10.6. The van der Waals surface area contributed by atoms with Crippen LogP contribution in [0.2, 0.25) is 0 Å². The molecule has 4 fully saturated rings. The normalized spacial score (nSPS) is 38.7. The highest BCUT2D eigenvalue weighted by Crippen LogP contribution is 2.55. The van der Waals surface area contributed by atoms with Crippen LogP contribution in [0.5, 0.6) is 5.75 Å². The van der Waals surface area contributed by atoms with Crippen molar-refractivity contribution in [3.63, 3.8) is 0 Å². The fraction of sp³-hybridized carbons (Fsp3) is 0.636. The summed E-state index contributed by atoms with van der Waals surface area (Å²) in [6, 6.07) is 3.37. The van der Waals surface area contributed by atoms with E-state index in [0.29, 0.717) is 17.8 Å². The summed E-state index contributed by atoms with van der Waals surface area (Å²) in [5, 5.41) is 15.0. The minimum absolute atomic E-state index is 0.0772. The fourth-order valence-electron chi connectivity index (χ4n) is 6.69. The van der Waals surface area contributed by atoms with Crippen molar-refractivity contribution in [2.45, 2.75) is 69.1 Å². The quantitative estimate of drug-likeness (QED) is 0.600. The van der Waals surface area contributed by atoms with E-state index in [4.69, 9.17) is 4.74 Å². The molecule has 1 aromatic rings. The number of carbonyl (C=O) groups is 2. The number of carbonyl (C=O) groups excluding carboxylic acids is 2. The van der Waals surface area contributed by atoms with Crippen LogP contribution in [-0.2, 0) is 4.79 Å². The lowest BCUT2D eigenvalue weighted by Crippen LogP contribution is -2.62. The van der Waals surface area contributed by atoms with Crippen LogP contribution in [0.15, 0.2) is 18.2 Å². The average molecular weight is 416 g/mol. The highest BCUT2D eigenvalue weighted by Gasteiger charge is 2.59. The Kier molecular flexibility index (Phi) is 4.21. The molecule has 0 aromatic heterocycles. The molecule has 30 heavy (non-hydrogen) atoms. The molecule has 4 saturated carbocycles. The lowest BCUT2D eigenvalue weighted by Gasteiger charge is -2.57. The number of ketones is 1. The van der Waals surface area contributed by atoms with Gasteiger partial charge in [0.1, 0.15) is 11.6 Å². The van der Waals surface area contributed by atoms with Gasteiger partial charge in [0.05, 0.1) is 12.0 Å². The first kappa shape index (κ1) is 19.5. The topological polar surface area (TPSA) is 98.5 Å². The lowest BCUT2D eigenvalue weighted by atomic mass is 9.53. The van der Waals surface area contributed by atoms with Gasteiger partial charge in [0, 0.05) is 17.4 Å². The van der Waals surface area contributed by atoms with Gasteiger partial charge in [-0.25, -0.2) is 4.39 Å². The zero-order chi connectivity index (χ0) is 21.3. The van der Waals surface area contributed by atoms with Crippen LogP contribution in [0.4, 0.5) is 4.39 Å². The predicted molar refractivity (Wildman–Crippen MR) is 104 cm³/mol. The number of rotatable bonds is 4. The Labute approximate surface area is 173 Å². The molecule has 0 spiro atoms. The van der Waals surface area contributed by atoms with E-state index in [-0.39, 0.29) is 29.2 Å². The molecule has 1 aromatic carbocycles. The van der Waals surface area contributed by atoms with E-state index in [1.165, 1.54) is 25.3 Å². The number of hydrogen-bond acceptors (Lipinski definition) is 5. The summed E-state index contributed by atoms with van der Waals surface area (Å²) in [6.45, 7) is 1.16. The van der Waals surface area contributed by atoms with Crippen LogP contribution in [0.25, 0.3) is 0 Å². The molecule has 0 radical (unpaired) electrons. The van der Waals surface area contributed by atoms with Gasteiger partial charge in [-0.3, -0.25) is 19.7 Å². The number of nitro groups is 1. The second-order valence-corrected chi connectivity index (χ2v) is 9.93. The first-order chi connectivity index (χ1) is 14.2. The van der Waals surface area contributed by atoms with Gasteiger partial charge in [0.15, 0.2) is 6.10 Å². The number of fused-ring (bicyclic) bond motifs is 1. The molecule has 7 nitrogen and oxygen atoms in total. The molecular formula is C22H25FN2O5. The van der Waals surface area contributed by atoms with E-state index < -0.39 is 28.2 Å². The number of Topliss-reactive ketones (excluding diaryl/α,β-unsaturated/α-hetero) is 1. The van der Waals surface area contributed by atoms with Gasteiger partial charge in [-0.1, -0.05) is 0 Å². The van der Waals surface area contributed by atoms with Crippen LogP contribution in [0.1, 0.15) is 62.2 Å². The third-order valence-electron chi connectivity index (χ3n) is 7.74. The molecule has 2 unspecified atom stereocenters. The zero-order valence-electron chi connectivity index (χ0n) is 16.9. The van der Waals surface area contributed by atoms with Gasteiger partial charge in [0.25, 0.3) is 0 Å². The molecule has 0 saturated heterocycles. The summed E-state index contributed by atoms with van der Waals surface area (Å²) in [5.74, 6) is 0.191. The van der Waals surface area contributed by atoms with Gasteiger partial charge in [-0.05, 0) is 74.5 Å². The summed E-state index contributed by atoms with van der Waals surface area (Å²) < 4.78 is 19.3. The average Bonchev–Trinajstić information content (AvgIpc) is 2.64. The Bertz CT molecular complexity index is 912. The third kappa shape index (κ3) is 2.91. The van der Waals surface area contributed by atoms with E-state index in [2.05, 4.69) is 5.32 Å². The summed E-state index contributed by atoms with van der Waals surface area (Å²) in [4.78, 5) is 37.1. The lowest BCUT2D eigenvalue weighted by molar-refractivity contribution is -0.556. The molecule has 8 heteroatoms. The molecule has 2 atom stereocenters. The van der Waals surface area contributed by atoms with E-state index in [0.717, 1.165) is 38.3 Å². The van der Waals surface area contributed by atoms with Crippen molar-refractivity contribution in [1.29, 1.82) is 0 Å². The molecule has 1 heterocycles. The number of hydrogen-bond donors (Lipinski definition) is 1. The SMILES string of the molecule is CC1([N+](=O)[O-])C(=O)c2cc(F)ccc2OC1CC(=O)NC12CC3CC(CC(C3)C1)C2. The molecule has 5 aliphatic rings. The van der Waals surface area contributed by atoms with Crippen LogP contribution >= 0.6 is 0 Å². The Balaban J connectivity index is 1.38. The van der Waals surface area contributed by atoms with Gasteiger partial charge < -0.3 is 10.1 Å². The fourth-order valence-corrected chi connectivity index (χ4v) is 6.69. The smallest absolute Gasteiger partial charge is 0.317 e. The van der Waals surface area contributed by atoms with E-state index in [1.54, 1.807) is 0 Å². The maximum absolute atomic E-state index is 13.6. The standard InChI is InChI=1S/C22H25FN2O5/c1-21(25(28)29)18(30-17-3-2-15(23)7-16(17)20(21)27)8-19(26)24-22-9-12-4-13(10-22)6-14(5-12)11-22/h2-3,7,12-14,18H,4-6,8-11H2,1H3,(H,24,26). The number of halogens is 1. The van der Waals surface area contributed by atoms with Crippen molar-refractivity contribution < 1.29 is 23.6 Å². The Morgan fingerprint density at radius 1 is 1.23 bits per heavy atom. The predicted octanol–water partition coefficient (Wildman–Crippen LogP) is 3.28. The summed E-state index contributed by atoms with van der Waals surface area (Å²) in [5.41, 5.74) is -2.54. The van der Waals surface area contributed by atoms with Crippen LogP contribution in [-0.4, -0.2) is 33.8 Å². The van der Waals surface area contributed by atoms with E-state index in [9.17, 15) is 24.1 Å². The molecule has 1 N–H and O–H groups in total. The van der Waals surface area contributed by atoms with Crippen molar-refractivity contribution in [3.05, 3.63) is 39.7 Å². The van der Waals surface area contributed by atoms with Crippen LogP contribution in [0, 0.1) is 33.7 Å². The molecule has 160 valence electrons. The minimum atomic E-state index is -2.15. The molecule has 4 bridgehead atoms. The van der Waals surface area contributed by atoms with Gasteiger partial charge in [-0.2, -0.15) is 0 Å². The van der Waals surface area contributed by atoms with Crippen LogP contribution in [0.3, 0.4) is 0 Å². The number of amides is 1. The Hall–Kier alpha value is -2.51. The maximum Gasteiger partial charge on any atom is 0.317 e. The second-order valence-electron chi connectivity index (χ2n) is 9.93. The number of nitrogens with one attached hydrogen (secondary N) is 1. The Morgan fingerprint density at radius 3 is 2.40 bits per heavy atom. The first-order valence-electron chi connectivity index (χ1n) is 10.6. The molecular weight excluding hydrogens is 391 g/mol.